The van der Waals surface area contributed by atoms with Crippen LogP contribution in [0, 0.1) is 17.2 Å². The molecule has 1 fully saturated rings. The van der Waals surface area contributed by atoms with Crippen LogP contribution in [0.25, 0.3) is 11.1 Å². The smallest absolute Gasteiger partial charge is 0.306 e. The van der Waals surface area contributed by atoms with Gasteiger partial charge in [-0.05, 0) is 30.0 Å². The van der Waals surface area contributed by atoms with Gasteiger partial charge in [0.2, 0.25) is 0 Å². The second-order valence-corrected chi connectivity index (χ2v) is 5.70. The Hall–Kier alpha value is -2.60. The average molecular weight is 307 g/mol. The van der Waals surface area contributed by atoms with Crippen LogP contribution in [0.4, 0.5) is 0 Å². The van der Waals surface area contributed by atoms with Crippen LogP contribution in [0.3, 0.4) is 0 Å². The molecule has 0 saturated heterocycles. The number of carboxylic acids is 1. The highest BCUT2D eigenvalue weighted by atomic mass is 16.4. The molecule has 2 aromatic carbocycles. The van der Waals surface area contributed by atoms with Gasteiger partial charge in [-0.2, -0.15) is 5.26 Å². The van der Waals surface area contributed by atoms with Gasteiger partial charge in [-0.15, -0.1) is 0 Å². The highest BCUT2D eigenvalue weighted by molar-refractivity contribution is 5.70. The highest BCUT2D eigenvalue weighted by Gasteiger charge is 2.19. The summed E-state index contributed by atoms with van der Waals surface area (Å²) < 4.78 is 0. The van der Waals surface area contributed by atoms with Crippen LogP contribution in [-0.4, -0.2) is 11.1 Å². The maximum Gasteiger partial charge on any atom is 0.306 e. The third-order valence-corrected chi connectivity index (χ3v) is 4.09. The lowest BCUT2D eigenvalue weighted by molar-refractivity contribution is -0.142. The highest BCUT2D eigenvalue weighted by Crippen LogP contribution is 2.23. The molecule has 3 rings (SSSR count). The van der Waals surface area contributed by atoms with E-state index in [0.717, 1.165) is 42.4 Å². The van der Waals surface area contributed by atoms with Gasteiger partial charge >= 0.3 is 5.97 Å². The first-order valence-corrected chi connectivity index (χ1v) is 7.99. The fraction of sp³-hybridized carbons (Fsp3) is 0.300. The maximum atomic E-state index is 10.4. The monoisotopic (exact) mass is 307 g/mol. The summed E-state index contributed by atoms with van der Waals surface area (Å²) in [7, 11) is 0. The molecule has 118 valence electrons. The molecule has 2 aromatic rings. The number of nitrogens with zero attached hydrogens (tertiary/aromatic N) is 1. The molecule has 1 saturated carbocycles. The lowest BCUT2D eigenvalue weighted by Gasteiger charge is -2.16. The molecule has 0 bridgehead atoms. The minimum absolute atomic E-state index is 0.0289. The van der Waals surface area contributed by atoms with E-state index >= 15 is 0 Å². The number of hydrogen-bond acceptors (Lipinski definition) is 2. The van der Waals surface area contributed by atoms with E-state index in [1.165, 1.54) is 6.42 Å². The number of nitriles is 1. The number of hydrogen-bond donors (Lipinski definition) is 1. The van der Waals surface area contributed by atoms with Crippen LogP contribution in [0.2, 0.25) is 0 Å². The molecule has 3 nitrogen and oxygen atoms in total. The predicted molar refractivity (Wildman–Crippen MR) is 90.8 cm³/mol. The number of aliphatic carboxylic acids is 1. The minimum Gasteiger partial charge on any atom is -0.481 e. The van der Waals surface area contributed by atoms with E-state index in [2.05, 4.69) is 6.07 Å². The van der Waals surface area contributed by atoms with Crippen LogP contribution < -0.4 is 0 Å². The van der Waals surface area contributed by atoms with Crippen molar-refractivity contribution in [1.82, 2.24) is 0 Å². The van der Waals surface area contributed by atoms with Crippen molar-refractivity contribution in [3.05, 3.63) is 60.2 Å². The molecule has 0 heterocycles. The molecule has 23 heavy (non-hydrogen) atoms. The molecule has 0 unspecified atom stereocenters. The van der Waals surface area contributed by atoms with Crippen LogP contribution in [0.5, 0.6) is 0 Å². The lowest BCUT2D eigenvalue weighted by Crippen LogP contribution is -2.16. The van der Waals surface area contributed by atoms with Gasteiger partial charge < -0.3 is 5.11 Å². The van der Waals surface area contributed by atoms with Gasteiger partial charge in [-0.1, -0.05) is 67.8 Å². The largest absolute Gasteiger partial charge is 0.481 e. The zero-order valence-electron chi connectivity index (χ0n) is 13.1. The van der Waals surface area contributed by atoms with Gasteiger partial charge in [-0.25, -0.2) is 0 Å². The third-order valence-electron chi connectivity index (χ3n) is 4.09. The van der Waals surface area contributed by atoms with E-state index in [4.69, 9.17) is 10.4 Å². The number of carboxylic acid groups (broad SMARTS) is 1. The van der Waals surface area contributed by atoms with Gasteiger partial charge in [0.25, 0.3) is 0 Å². The molecular formula is C20H21NO2. The van der Waals surface area contributed by atoms with Crippen molar-refractivity contribution in [3.8, 4) is 17.2 Å². The van der Waals surface area contributed by atoms with E-state index in [-0.39, 0.29) is 5.92 Å². The topological polar surface area (TPSA) is 61.1 Å². The summed E-state index contributed by atoms with van der Waals surface area (Å²) in [5.74, 6) is -0.631. The molecule has 0 spiro atoms. The van der Waals surface area contributed by atoms with Gasteiger partial charge in [0, 0.05) is 0 Å². The van der Waals surface area contributed by atoms with Crippen LogP contribution in [-0.2, 0) is 4.79 Å². The quantitative estimate of drug-likeness (QED) is 0.860. The molecule has 0 atom stereocenters. The second-order valence-electron chi connectivity index (χ2n) is 5.70. The van der Waals surface area contributed by atoms with Crippen molar-refractivity contribution in [2.45, 2.75) is 32.1 Å². The van der Waals surface area contributed by atoms with Crippen molar-refractivity contribution in [3.63, 3.8) is 0 Å². The van der Waals surface area contributed by atoms with Crippen molar-refractivity contribution >= 4 is 5.97 Å². The molecule has 0 aliphatic heterocycles. The van der Waals surface area contributed by atoms with Crippen LogP contribution >= 0.6 is 0 Å². The average Bonchev–Trinajstić information content (AvgIpc) is 2.63. The summed E-state index contributed by atoms with van der Waals surface area (Å²) in [6.07, 6.45) is 5.24. The summed E-state index contributed by atoms with van der Waals surface area (Å²) in [6, 6.07) is 19.8. The van der Waals surface area contributed by atoms with Gasteiger partial charge in [-0.3, -0.25) is 4.79 Å². The minimum atomic E-state index is -0.602. The number of rotatable bonds is 2. The Morgan fingerprint density at radius 3 is 2.13 bits per heavy atom. The zero-order valence-corrected chi connectivity index (χ0v) is 13.1. The van der Waals surface area contributed by atoms with E-state index in [1.807, 2.05) is 54.6 Å². The van der Waals surface area contributed by atoms with E-state index in [1.54, 1.807) is 0 Å². The summed E-state index contributed by atoms with van der Waals surface area (Å²) in [6.45, 7) is 0. The lowest BCUT2D eigenvalue weighted by atomic mass is 9.90. The first-order valence-electron chi connectivity index (χ1n) is 7.99. The normalized spacial score (nSPS) is 14.2. The van der Waals surface area contributed by atoms with Crippen molar-refractivity contribution < 1.29 is 9.90 Å². The van der Waals surface area contributed by atoms with Crippen molar-refractivity contribution in [1.29, 1.82) is 5.26 Å². The third kappa shape index (κ3) is 4.96. The van der Waals surface area contributed by atoms with E-state index in [0.29, 0.717) is 0 Å². The summed E-state index contributed by atoms with van der Waals surface area (Å²) in [5, 5.41) is 17.5. The molecule has 3 heteroatoms. The Morgan fingerprint density at radius 1 is 0.957 bits per heavy atom. The molecule has 0 amide bonds. The van der Waals surface area contributed by atoms with Crippen molar-refractivity contribution in [2.24, 2.45) is 5.92 Å². The maximum absolute atomic E-state index is 10.4. The number of benzene rings is 2. The Morgan fingerprint density at radius 2 is 1.57 bits per heavy atom. The fourth-order valence-electron chi connectivity index (χ4n) is 2.80. The molecular weight excluding hydrogens is 286 g/mol. The Balaban J connectivity index is 0.000000185. The van der Waals surface area contributed by atoms with Crippen LogP contribution in [0.15, 0.2) is 54.6 Å². The van der Waals surface area contributed by atoms with Gasteiger partial charge in [0.15, 0.2) is 0 Å². The molecule has 0 aromatic heterocycles. The SMILES string of the molecule is N#Cc1ccccc1-c1ccccc1.O=C(O)C1CCCCC1. The van der Waals surface area contributed by atoms with Crippen LogP contribution in [0.1, 0.15) is 37.7 Å². The predicted octanol–water partition coefficient (Wildman–Crippen LogP) is 4.88. The van der Waals surface area contributed by atoms with Gasteiger partial charge in [0.05, 0.1) is 17.6 Å². The van der Waals surface area contributed by atoms with Crippen molar-refractivity contribution in [2.75, 3.05) is 0 Å². The molecule has 1 aliphatic rings. The summed E-state index contributed by atoms with van der Waals surface area (Å²) in [5.41, 5.74) is 2.80. The Labute approximate surface area is 137 Å². The summed E-state index contributed by atoms with van der Waals surface area (Å²) in [4.78, 5) is 10.4. The molecule has 0 radical (unpaired) electrons. The van der Waals surface area contributed by atoms with E-state index < -0.39 is 5.97 Å². The van der Waals surface area contributed by atoms with Gasteiger partial charge in [0.1, 0.15) is 0 Å². The summed E-state index contributed by atoms with van der Waals surface area (Å²) >= 11 is 0. The first-order chi connectivity index (χ1) is 11.2. The van der Waals surface area contributed by atoms with E-state index in [9.17, 15) is 4.79 Å². The zero-order chi connectivity index (χ0) is 16.5. The molecule has 1 N–H and O–H groups in total. The second kappa shape index (κ2) is 8.75. The molecule has 1 aliphatic carbocycles. The number of carbonyl (C=O) groups is 1. The fourth-order valence-corrected chi connectivity index (χ4v) is 2.80. The Kier molecular flexibility index (Phi) is 6.38. The standard InChI is InChI=1S/C13H9N.C7H12O2/c14-10-12-8-4-5-9-13(12)11-6-2-1-3-7-11;8-7(9)6-4-2-1-3-5-6/h1-9H;6H,1-5H2,(H,8,9). The first kappa shape index (κ1) is 16.8. The Bertz CT molecular complexity index is 668.